The SMILES string of the molecule is C=C(C)COC(C)COCCCC. The lowest BCUT2D eigenvalue weighted by Crippen LogP contribution is -2.17. The van der Waals surface area contributed by atoms with Gasteiger partial charge >= 0.3 is 0 Å². The highest BCUT2D eigenvalue weighted by Gasteiger charge is 2.01. The highest BCUT2D eigenvalue weighted by atomic mass is 16.5. The Morgan fingerprint density at radius 3 is 2.69 bits per heavy atom. The second kappa shape index (κ2) is 8.27. The van der Waals surface area contributed by atoms with Crippen LogP contribution >= 0.6 is 0 Å². The van der Waals surface area contributed by atoms with Gasteiger partial charge in [0, 0.05) is 6.61 Å². The van der Waals surface area contributed by atoms with E-state index in [0.717, 1.165) is 18.6 Å². The Morgan fingerprint density at radius 2 is 2.15 bits per heavy atom. The maximum absolute atomic E-state index is 5.46. The van der Waals surface area contributed by atoms with Gasteiger partial charge in [0.25, 0.3) is 0 Å². The summed E-state index contributed by atoms with van der Waals surface area (Å²) in [5.41, 5.74) is 1.06. The maximum Gasteiger partial charge on any atom is 0.0784 e. The average molecular weight is 186 g/mol. The maximum atomic E-state index is 5.46. The number of ether oxygens (including phenoxy) is 2. The van der Waals surface area contributed by atoms with E-state index in [1.54, 1.807) is 0 Å². The Balaban J connectivity index is 3.19. The molecule has 0 aliphatic rings. The van der Waals surface area contributed by atoms with Crippen molar-refractivity contribution in [1.82, 2.24) is 0 Å². The molecule has 13 heavy (non-hydrogen) atoms. The quantitative estimate of drug-likeness (QED) is 0.428. The highest BCUT2D eigenvalue weighted by Crippen LogP contribution is 1.97. The smallest absolute Gasteiger partial charge is 0.0784 e. The zero-order valence-electron chi connectivity index (χ0n) is 9.14. The first-order valence-electron chi connectivity index (χ1n) is 5.00. The van der Waals surface area contributed by atoms with Crippen molar-refractivity contribution >= 4 is 0 Å². The third-order valence-electron chi connectivity index (χ3n) is 1.61. The summed E-state index contributed by atoms with van der Waals surface area (Å²) < 4.78 is 10.9. The van der Waals surface area contributed by atoms with Crippen LogP contribution in [0.1, 0.15) is 33.6 Å². The van der Waals surface area contributed by atoms with Gasteiger partial charge in [0.15, 0.2) is 0 Å². The lowest BCUT2D eigenvalue weighted by atomic mass is 10.3. The number of rotatable bonds is 8. The van der Waals surface area contributed by atoms with E-state index in [9.17, 15) is 0 Å². The van der Waals surface area contributed by atoms with Gasteiger partial charge < -0.3 is 9.47 Å². The number of unbranched alkanes of at least 4 members (excludes halogenated alkanes) is 1. The molecule has 0 heterocycles. The molecule has 0 rings (SSSR count). The molecule has 2 heteroatoms. The normalized spacial score (nSPS) is 12.8. The molecule has 1 atom stereocenters. The topological polar surface area (TPSA) is 18.5 Å². The van der Waals surface area contributed by atoms with Crippen molar-refractivity contribution in [3.8, 4) is 0 Å². The predicted octanol–water partition coefficient (Wildman–Crippen LogP) is 2.78. The highest BCUT2D eigenvalue weighted by molar-refractivity contribution is 4.87. The third-order valence-corrected chi connectivity index (χ3v) is 1.61. The minimum atomic E-state index is 0.175. The largest absolute Gasteiger partial charge is 0.379 e. The van der Waals surface area contributed by atoms with E-state index in [1.807, 2.05) is 13.8 Å². The van der Waals surface area contributed by atoms with Crippen LogP contribution in [-0.4, -0.2) is 25.9 Å². The molecule has 0 radical (unpaired) electrons. The Hall–Kier alpha value is -0.340. The Morgan fingerprint density at radius 1 is 1.46 bits per heavy atom. The fourth-order valence-corrected chi connectivity index (χ4v) is 0.828. The van der Waals surface area contributed by atoms with E-state index in [2.05, 4.69) is 13.5 Å². The summed E-state index contributed by atoms with van der Waals surface area (Å²) in [6.45, 7) is 12.1. The van der Waals surface area contributed by atoms with Crippen LogP contribution in [0.25, 0.3) is 0 Å². The monoisotopic (exact) mass is 186 g/mol. The van der Waals surface area contributed by atoms with Crippen LogP contribution in [0.3, 0.4) is 0 Å². The van der Waals surface area contributed by atoms with Crippen molar-refractivity contribution in [3.63, 3.8) is 0 Å². The summed E-state index contributed by atoms with van der Waals surface area (Å²) >= 11 is 0. The van der Waals surface area contributed by atoms with Crippen molar-refractivity contribution in [2.45, 2.75) is 39.7 Å². The van der Waals surface area contributed by atoms with E-state index in [4.69, 9.17) is 9.47 Å². The van der Waals surface area contributed by atoms with Gasteiger partial charge in [-0.05, 0) is 20.3 Å². The van der Waals surface area contributed by atoms with Crippen LogP contribution in [0.4, 0.5) is 0 Å². The van der Waals surface area contributed by atoms with E-state index in [1.165, 1.54) is 6.42 Å². The van der Waals surface area contributed by atoms with Gasteiger partial charge in [-0.2, -0.15) is 0 Å². The molecule has 0 aromatic heterocycles. The zero-order valence-corrected chi connectivity index (χ0v) is 9.14. The third kappa shape index (κ3) is 9.57. The van der Waals surface area contributed by atoms with Gasteiger partial charge in [-0.25, -0.2) is 0 Å². The summed E-state index contributed by atoms with van der Waals surface area (Å²) in [5.74, 6) is 0. The van der Waals surface area contributed by atoms with Crippen molar-refractivity contribution < 1.29 is 9.47 Å². The van der Waals surface area contributed by atoms with E-state index < -0.39 is 0 Å². The molecule has 1 unspecified atom stereocenters. The fraction of sp³-hybridized carbons (Fsp3) is 0.818. The van der Waals surface area contributed by atoms with Crippen LogP contribution in [0, 0.1) is 0 Å². The Labute approximate surface area is 81.9 Å². The van der Waals surface area contributed by atoms with Gasteiger partial charge in [0.05, 0.1) is 19.3 Å². The molecule has 0 saturated carbocycles. The molecule has 78 valence electrons. The number of hydrogen-bond acceptors (Lipinski definition) is 2. The van der Waals surface area contributed by atoms with Crippen molar-refractivity contribution in [2.75, 3.05) is 19.8 Å². The second-order valence-electron chi connectivity index (χ2n) is 3.51. The van der Waals surface area contributed by atoms with Gasteiger partial charge in [-0.1, -0.05) is 25.5 Å². The zero-order chi connectivity index (χ0) is 10.1. The summed E-state index contributed by atoms with van der Waals surface area (Å²) in [6, 6.07) is 0. The van der Waals surface area contributed by atoms with Gasteiger partial charge in [-0.15, -0.1) is 0 Å². The summed E-state index contributed by atoms with van der Waals surface area (Å²) in [5, 5.41) is 0. The molecular weight excluding hydrogens is 164 g/mol. The van der Waals surface area contributed by atoms with Crippen LogP contribution in [0.5, 0.6) is 0 Å². The summed E-state index contributed by atoms with van der Waals surface area (Å²) in [6.07, 6.45) is 2.49. The number of hydrogen-bond donors (Lipinski definition) is 0. The van der Waals surface area contributed by atoms with Crippen molar-refractivity contribution in [3.05, 3.63) is 12.2 Å². The molecule has 0 saturated heterocycles. The average Bonchev–Trinajstić information content (AvgIpc) is 2.09. The fourth-order valence-electron chi connectivity index (χ4n) is 0.828. The molecular formula is C11H22O2. The molecule has 0 N–H and O–H groups in total. The van der Waals surface area contributed by atoms with Crippen LogP contribution in [0.15, 0.2) is 12.2 Å². The summed E-state index contributed by atoms with van der Waals surface area (Å²) in [4.78, 5) is 0. The van der Waals surface area contributed by atoms with Gasteiger partial charge in [0.1, 0.15) is 0 Å². The van der Waals surface area contributed by atoms with Crippen LogP contribution < -0.4 is 0 Å². The van der Waals surface area contributed by atoms with E-state index in [-0.39, 0.29) is 6.10 Å². The molecule has 0 spiro atoms. The molecule has 0 aromatic rings. The van der Waals surface area contributed by atoms with E-state index >= 15 is 0 Å². The predicted molar refractivity (Wildman–Crippen MR) is 56.0 cm³/mol. The van der Waals surface area contributed by atoms with Crippen LogP contribution in [-0.2, 0) is 9.47 Å². The van der Waals surface area contributed by atoms with Gasteiger partial charge in [-0.3, -0.25) is 0 Å². The van der Waals surface area contributed by atoms with Crippen molar-refractivity contribution in [2.24, 2.45) is 0 Å². The standard InChI is InChI=1S/C11H22O2/c1-5-6-7-12-9-11(4)13-8-10(2)3/h11H,2,5-9H2,1,3-4H3. The first-order valence-corrected chi connectivity index (χ1v) is 5.00. The first kappa shape index (κ1) is 12.7. The Kier molecular flexibility index (Phi) is 8.05. The lowest BCUT2D eigenvalue weighted by Gasteiger charge is -2.13. The summed E-state index contributed by atoms with van der Waals surface area (Å²) in [7, 11) is 0. The molecule has 0 fully saturated rings. The first-order chi connectivity index (χ1) is 6.16. The molecule has 0 bridgehead atoms. The minimum absolute atomic E-state index is 0.175. The molecule has 0 aliphatic carbocycles. The second-order valence-corrected chi connectivity index (χ2v) is 3.51. The Bertz CT molecular complexity index is 132. The van der Waals surface area contributed by atoms with E-state index in [0.29, 0.717) is 13.2 Å². The molecule has 0 aromatic carbocycles. The molecule has 0 amide bonds. The lowest BCUT2D eigenvalue weighted by molar-refractivity contribution is 0.00164. The molecule has 0 aliphatic heterocycles. The van der Waals surface area contributed by atoms with Crippen LogP contribution in [0.2, 0.25) is 0 Å². The molecule has 2 nitrogen and oxygen atoms in total. The minimum Gasteiger partial charge on any atom is -0.379 e. The van der Waals surface area contributed by atoms with Crippen molar-refractivity contribution in [1.29, 1.82) is 0 Å². The van der Waals surface area contributed by atoms with Gasteiger partial charge in [0.2, 0.25) is 0 Å².